The molecule has 1 N–H and O–H groups in total. The molecule has 0 fully saturated rings. The maximum Gasteiger partial charge on any atom is 0.143 e. The van der Waals surface area contributed by atoms with Crippen LogP contribution in [-0.2, 0) is 6.42 Å². The number of hydrogen-bond acceptors (Lipinski definition) is 1. The van der Waals surface area contributed by atoms with E-state index in [1.807, 2.05) is 0 Å². The second-order valence-electron chi connectivity index (χ2n) is 4.08. The quantitative estimate of drug-likeness (QED) is 0.797. The summed E-state index contributed by atoms with van der Waals surface area (Å²) in [6.45, 7) is 0. The normalized spacial score (nSPS) is 12.5. The topological polar surface area (TPSA) is 20.2 Å². The molecule has 0 amide bonds. The average Bonchev–Trinajstić information content (AvgIpc) is 2.38. The Morgan fingerprint density at radius 1 is 1.16 bits per heavy atom. The van der Waals surface area contributed by atoms with E-state index in [9.17, 15) is 9.50 Å². The van der Waals surface area contributed by atoms with E-state index in [1.54, 1.807) is 36.4 Å². The molecule has 0 spiro atoms. The van der Waals surface area contributed by atoms with E-state index in [0.29, 0.717) is 20.1 Å². The van der Waals surface area contributed by atoms with Crippen molar-refractivity contribution in [2.75, 3.05) is 0 Å². The second kappa shape index (κ2) is 6.23. The van der Waals surface area contributed by atoms with Gasteiger partial charge in [-0.25, -0.2) is 4.39 Å². The average molecular weight is 364 g/mol. The summed E-state index contributed by atoms with van der Waals surface area (Å²) in [5.41, 5.74) is 0.909. The van der Waals surface area contributed by atoms with Gasteiger partial charge in [0.05, 0.1) is 20.6 Å². The van der Waals surface area contributed by atoms with Crippen LogP contribution in [0.15, 0.2) is 40.9 Å². The highest BCUT2D eigenvalue weighted by atomic mass is 79.9. The molecule has 0 radical (unpaired) electrons. The lowest BCUT2D eigenvalue weighted by molar-refractivity contribution is 0.173. The molecule has 0 aliphatic heterocycles. The largest absolute Gasteiger partial charge is 0.388 e. The van der Waals surface area contributed by atoms with Crippen molar-refractivity contribution in [1.82, 2.24) is 0 Å². The summed E-state index contributed by atoms with van der Waals surface area (Å²) in [4.78, 5) is 0. The van der Waals surface area contributed by atoms with Crippen molar-refractivity contribution in [3.63, 3.8) is 0 Å². The molecule has 0 saturated carbocycles. The Bertz CT molecular complexity index is 604. The molecular formula is C14H10BrCl2FO. The molecule has 0 aromatic heterocycles. The van der Waals surface area contributed by atoms with Crippen LogP contribution in [0.25, 0.3) is 0 Å². The highest BCUT2D eigenvalue weighted by Crippen LogP contribution is 2.31. The third-order valence-corrected chi connectivity index (χ3v) is 4.26. The minimum atomic E-state index is -0.978. The van der Waals surface area contributed by atoms with Gasteiger partial charge in [-0.3, -0.25) is 0 Å². The maximum atomic E-state index is 13.9. The molecule has 2 aromatic carbocycles. The van der Waals surface area contributed by atoms with Crippen LogP contribution in [0, 0.1) is 5.82 Å². The van der Waals surface area contributed by atoms with E-state index in [1.165, 1.54) is 0 Å². The first-order valence-corrected chi connectivity index (χ1v) is 7.10. The Balaban J connectivity index is 2.28. The minimum Gasteiger partial charge on any atom is -0.388 e. The summed E-state index contributed by atoms with van der Waals surface area (Å²) in [5.74, 6) is -0.465. The van der Waals surface area contributed by atoms with Gasteiger partial charge in [0, 0.05) is 12.0 Å². The van der Waals surface area contributed by atoms with E-state index in [4.69, 9.17) is 23.2 Å². The van der Waals surface area contributed by atoms with Crippen LogP contribution >= 0.6 is 39.1 Å². The standard InChI is InChI=1S/C14H10BrCl2FO/c15-10-5-2-4-9(14(10)18)12(19)7-8-3-1-6-11(16)13(8)17/h1-6,12,19H,7H2. The van der Waals surface area contributed by atoms with Crippen molar-refractivity contribution in [2.45, 2.75) is 12.5 Å². The fourth-order valence-corrected chi connectivity index (χ4v) is 2.58. The number of rotatable bonds is 3. The lowest BCUT2D eigenvalue weighted by atomic mass is 10.0. The van der Waals surface area contributed by atoms with Gasteiger partial charge in [-0.05, 0) is 33.6 Å². The third kappa shape index (κ3) is 3.29. The van der Waals surface area contributed by atoms with E-state index in [2.05, 4.69) is 15.9 Å². The molecule has 2 aromatic rings. The van der Waals surface area contributed by atoms with Gasteiger partial charge < -0.3 is 5.11 Å². The number of aliphatic hydroxyl groups excluding tert-OH is 1. The maximum absolute atomic E-state index is 13.9. The number of benzene rings is 2. The van der Waals surface area contributed by atoms with Crippen LogP contribution in [0.2, 0.25) is 10.0 Å². The summed E-state index contributed by atoms with van der Waals surface area (Å²) in [5, 5.41) is 10.9. The predicted octanol–water partition coefficient (Wildman–Crippen LogP) is 5.17. The highest BCUT2D eigenvalue weighted by molar-refractivity contribution is 9.10. The Morgan fingerprint density at radius 3 is 2.58 bits per heavy atom. The van der Waals surface area contributed by atoms with Crippen molar-refractivity contribution in [1.29, 1.82) is 0 Å². The zero-order valence-electron chi connectivity index (χ0n) is 9.71. The smallest absolute Gasteiger partial charge is 0.143 e. The lowest BCUT2D eigenvalue weighted by Gasteiger charge is -2.14. The molecule has 5 heteroatoms. The number of halogens is 4. The van der Waals surface area contributed by atoms with Crippen LogP contribution in [0.1, 0.15) is 17.2 Å². The molecule has 0 saturated heterocycles. The molecule has 0 aliphatic rings. The van der Waals surface area contributed by atoms with Crippen molar-refractivity contribution in [3.8, 4) is 0 Å². The lowest BCUT2D eigenvalue weighted by Crippen LogP contribution is -2.05. The monoisotopic (exact) mass is 362 g/mol. The van der Waals surface area contributed by atoms with Gasteiger partial charge >= 0.3 is 0 Å². The number of hydrogen-bond donors (Lipinski definition) is 1. The van der Waals surface area contributed by atoms with Gasteiger partial charge in [-0.1, -0.05) is 47.5 Å². The molecular weight excluding hydrogens is 354 g/mol. The zero-order valence-corrected chi connectivity index (χ0v) is 12.8. The van der Waals surface area contributed by atoms with Gasteiger partial charge in [0.25, 0.3) is 0 Å². The summed E-state index contributed by atoms with van der Waals surface area (Å²) in [6.07, 6.45) is -0.777. The molecule has 0 heterocycles. The number of aliphatic hydroxyl groups is 1. The highest BCUT2D eigenvalue weighted by Gasteiger charge is 2.17. The summed E-state index contributed by atoms with van der Waals surface area (Å²) < 4.78 is 14.2. The first-order chi connectivity index (χ1) is 9.00. The summed E-state index contributed by atoms with van der Waals surface area (Å²) in [6, 6.07) is 9.97. The Labute approximate surface area is 129 Å². The van der Waals surface area contributed by atoms with E-state index >= 15 is 0 Å². The minimum absolute atomic E-state index is 0.201. The van der Waals surface area contributed by atoms with Crippen molar-refractivity contribution >= 4 is 39.1 Å². The molecule has 1 atom stereocenters. The summed E-state index contributed by atoms with van der Waals surface area (Å²) in [7, 11) is 0. The van der Waals surface area contributed by atoms with Gasteiger partial charge in [-0.2, -0.15) is 0 Å². The fourth-order valence-electron chi connectivity index (χ4n) is 1.80. The molecule has 100 valence electrons. The van der Waals surface area contributed by atoms with E-state index in [0.717, 1.165) is 0 Å². The third-order valence-electron chi connectivity index (χ3n) is 2.79. The van der Waals surface area contributed by atoms with Crippen molar-refractivity contribution in [3.05, 3.63) is 67.9 Å². The summed E-state index contributed by atoms with van der Waals surface area (Å²) >= 11 is 15.0. The Morgan fingerprint density at radius 2 is 1.84 bits per heavy atom. The molecule has 0 aliphatic carbocycles. The van der Waals surface area contributed by atoms with Gasteiger partial charge in [0.1, 0.15) is 5.82 Å². The van der Waals surface area contributed by atoms with Crippen LogP contribution in [0.4, 0.5) is 4.39 Å². The van der Waals surface area contributed by atoms with Crippen LogP contribution in [0.5, 0.6) is 0 Å². The second-order valence-corrected chi connectivity index (χ2v) is 5.72. The van der Waals surface area contributed by atoms with E-state index < -0.39 is 11.9 Å². The Kier molecular flexibility index (Phi) is 4.85. The SMILES string of the molecule is OC(Cc1cccc(Cl)c1Cl)c1cccc(Br)c1F. The zero-order chi connectivity index (χ0) is 14.0. The van der Waals surface area contributed by atoms with Crippen LogP contribution in [-0.4, -0.2) is 5.11 Å². The predicted molar refractivity (Wildman–Crippen MR) is 79.2 cm³/mol. The van der Waals surface area contributed by atoms with Crippen molar-refractivity contribution < 1.29 is 9.50 Å². The molecule has 1 nitrogen and oxygen atoms in total. The molecule has 19 heavy (non-hydrogen) atoms. The fraction of sp³-hybridized carbons (Fsp3) is 0.143. The van der Waals surface area contributed by atoms with Gasteiger partial charge in [-0.15, -0.1) is 0 Å². The van der Waals surface area contributed by atoms with Gasteiger partial charge in [0.15, 0.2) is 0 Å². The first kappa shape index (κ1) is 14.8. The molecule has 1 unspecified atom stereocenters. The molecule has 2 rings (SSSR count). The molecule has 0 bridgehead atoms. The van der Waals surface area contributed by atoms with Crippen LogP contribution in [0.3, 0.4) is 0 Å². The van der Waals surface area contributed by atoms with E-state index in [-0.39, 0.29) is 12.0 Å². The van der Waals surface area contributed by atoms with Crippen LogP contribution < -0.4 is 0 Å². The first-order valence-electron chi connectivity index (χ1n) is 5.55. The Hall–Kier alpha value is -0.610. The van der Waals surface area contributed by atoms with Crippen molar-refractivity contribution in [2.24, 2.45) is 0 Å². The van der Waals surface area contributed by atoms with Gasteiger partial charge in [0.2, 0.25) is 0 Å².